The Morgan fingerprint density at radius 3 is 2.54 bits per heavy atom. The molecule has 0 saturated carbocycles. The van der Waals surface area contributed by atoms with Gasteiger partial charge < -0.3 is 19.2 Å². The number of aromatic nitrogens is 2. The topological polar surface area (TPSA) is 86.5 Å². The normalized spacial score (nSPS) is 10.5. The van der Waals surface area contributed by atoms with Gasteiger partial charge in [0.1, 0.15) is 11.5 Å². The molecule has 1 heterocycles. The lowest BCUT2D eigenvalue weighted by Crippen LogP contribution is -2.25. The Labute approximate surface area is 163 Å². The van der Waals surface area contributed by atoms with Crippen LogP contribution in [0.15, 0.2) is 52.9 Å². The molecule has 3 rings (SSSR count). The summed E-state index contributed by atoms with van der Waals surface area (Å²) in [6.45, 7) is 0.446. The van der Waals surface area contributed by atoms with E-state index in [1.165, 1.54) is 0 Å². The number of carbonyl (C=O) groups is 1. The van der Waals surface area contributed by atoms with Crippen LogP contribution in [0.4, 0.5) is 0 Å². The van der Waals surface area contributed by atoms with Crippen molar-refractivity contribution < 1.29 is 18.7 Å². The molecule has 0 spiro atoms. The maximum absolute atomic E-state index is 12.0. The average molecular weight is 381 g/mol. The molecule has 28 heavy (non-hydrogen) atoms. The Kier molecular flexibility index (Phi) is 6.62. The van der Waals surface area contributed by atoms with Crippen LogP contribution in [0.2, 0.25) is 0 Å². The van der Waals surface area contributed by atoms with Crippen molar-refractivity contribution >= 4 is 5.91 Å². The SMILES string of the molecule is COc1ccc(CCC(=O)NCCc2nnc(-c3cccc(OC)c3)o2)cc1. The zero-order chi connectivity index (χ0) is 19.8. The van der Waals surface area contributed by atoms with Crippen LogP contribution < -0.4 is 14.8 Å². The highest BCUT2D eigenvalue weighted by molar-refractivity contribution is 5.76. The second-order valence-electron chi connectivity index (χ2n) is 6.18. The zero-order valence-electron chi connectivity index (χ0n) is 16.0. The fourth-order valence-corrected chi connectivity index (χ4v) is 2.67. The van der Waals surface area contributed by atoms with Crippen molar-refractivity contribution in [1.29, 1.82) is 0 Å². The number of aryl methyl sites for hydroxylation is 1. The maximum atomic E-state index is 12.0. The first-order valence-electron chi connectivity index (χ1n) is 9.04. The minimum atomic E-state index is -0.0108. The first kappa shape index (κ1) is 19.4. The van der Waals surface area contributed by atoms with Gasteiger partial charge in [-0.3, -0.25) is 4.79 Å². The third-order valence-electron chi connectivity index (χ3n) is 4.24. The van der Waals surface area contributed by atoms with Gasteiger partial charge in [0.05, 0.1) is 14.2 Å². The van der Waals surface area contributed by atoms with E-state index in [2.05, 4.69) is 15.5 Å². The summed E-state index contributed by atoms with van der Waals surface area (Å²) in [5, 5.41) is 11.0. The number of methoxy groups -OCH3 is 2. The lowest BCUT2D eigenvalue weighted by molar-refractivity contribution is -0.121. The predicted octanol–water partition coefficient (Wildman–Crippen LogP) is 3.05. The third-order valence-corrected chi connectivity index (χ3v) is 4.24. The number of carbonyl (C=O) groups excluding carboxylic acids is 1. The van der Waals surface area contributed by atoms with Crippen LogP contribution in [0.3, 0.4) is 0 Å². The highest BCUT2D eigenvalue weighted by Gasteiger charge is 2.10. The van der Waals surface area contributed by atoms with E-state index < -0.39 is 0 Å². The van der Waals surface area contributed by atoms with E-state index in [0.29, 0.717) is 37.6 Å². The molecule has 0 aliphatic rings. The molecular formula is C21H23N3O4. The molecule has 0 radical (unpaired) electrons. The Bertz CT molecular complexity index is 906. The number of benzene rings is 2. The van der Waals surface area contributed by atoms with Gasteiger partial charge in [-0.2, -0.15) is 0 Å². The van der Waals surface area contributed by atoms with Gasteiger partial charge >= 0.3 is 0 Å². The van der Waals surface area contributed by atoms with Crippen molar-refractivity contribution in [2.45, 2.75) is 19.3 Å². The minimum absolute atomic E-state index is 0.0108. The highest BCUT2D eigenvalue weighted by Crippen LogP contribution is 2.22. The monoisotopic (exact) mass is 381 g/mol. The van der Waals surface area contributed by atoms with Gasteiger partial charge in [-0.15, -0.1) is 10.2 Å². The molecule has 1 N–H and O–H groups in total. The van der Waals surface area contributed by atoms with E-state index in [9.17, 15) is 4.79 Å². The van der Waals surface area contributed by atoms with Crippen LogP contribution in [-0.4, -0.2) is 36.9 Å². The van der Waals surface area contributed by atoms with Crippen LogP contribution >= 0.6 is 0 Å². The molecule has 0 bridgehead atoms. The van der Waals surface area contributed by atoms with E-state index in [4.69, 9.17) is 13.9 Å². The van der Waals surface area contributed by atoms with Gasteiger partial charge in [0.15, 0.2) is 0 Å². The van der Waals surface area contributed by atoms with Gasteiger partial charge in [-0.25, -0.2) is 0 Å². The van der Waals surface area contributed by atoms with Crippen LogP contribution in [0.5, 0.6) is 11.5 Å². The number of hydrogen-bond donors (Lipinski definition) is 1. The van der Waals surface area contributed by atoms with Gasteiger partial charge in [0, 0.05) is 24.9 Å². The lowest BCUT2D eigenvalue weighted by Gasteiger charge is -2.05. The second kappa shape index (κ2) is 9.55. The molecule has 2 aromatic carbocycles. The predicted molar refractivity (Wildman–Crippen MR) is 104 cm³/mol. The van der Waals surface area contributed by atoms with Crippen molar-refractivity contribution in [3.63, 3.8) is 0 Å². The van der Waals surface area contributed by atoms with Crippen LogP contribution in [0, 0.1) is 0 Å². The number of nitrogens with one attached hydrogen (secondary N) is 1. The quantitative estimate of drug-likeness (QED) is 0.613. The summed E-state index contributed by atoms with van der Waals surface area (Å²) in [4.78, 5) is 12.0. The summed E-state index contributed by atoms with van der Waals surface area (Å²) in [6.07, 6.45) is 1.58. The van der Waals surface area contributed by atoms with Crippen LogP contribution in [0.1, 0.15) is 17.9 Å². The fourth-order valence-electron chi connectivity index (χ4n) is 2.67. The second-order valence-corrected chi connectivity index (χ2v) is 6.18. The number of ether oxygens (including phenoxy) is 2. The fraction of sp³-hybridized carbons (Fsp3) is 0.286. The van der Waals surface area contributed by atoms with Crippen molar-refractivity contribution in [2.24, 2.45) is 0 Å². The van der Waals surface area contributed by atoms with Gasteiger partial charge in [0.2, 0.25) is 17.7 Å². The molecule has 0 aliphatic heterocycles. The average Bonchev–Trinajstić information content (AvgIpc) is 3.21. The van der Waals surface area contributed by atoms with E-state index >= 15 is 0 Å². The van der Waals surface area contributed by atoms with Gasteiger partial charge in [-0.05, 0) is 42.3 Å². The summed E-state index contributed by atoms with van der Waals surface area (Å²) >= 11 is 0. The summed E-state index contributed by atoms with van der Waals surface area (Å²) in [5.41, 5.74) is 1.89. The Morgan fingerprint density at radius 2 is 1.79 bits per heavy atom. The molecule has 0 unspecified atom stereocenters. The number of rotatable bonds is 9. The standard InChI is InChI=1S/C21H23N3O4/c1-26-17-9-6-15(7-10-17)8-11-19(25)22-13-12-20-23-24-21(28-20)16-4-3-5-18(14-16)27-2/h3-7,9-10,14H,8,11-13H2,1-2H3,(H,22,25). The lowest BCUT2D eigenvalue weighted by atomic mass is 10.1. The molecule has 0 fully saturated rings. The first-order valence-corrected chi connectivity index (χ1v) is 9.04. The van der Waals surface area contributed by atoms with E-state index in [1.54, 1.807) is 14.2 Å². The summed E-state index contributed by atoms with van der Waals surface area (Å²) in [5.74, 6) is 2.43. The molecule has 3 aromatic rings. The molecule has 7 nitrogen and oxygen atoms in total. The Hall–Kier alpha value is -3.35. The summed E-state index contributed by atoms with van der Waals surface area (Å²) in [7, 11) is 3.24. The van der Waals surface area contributed by atoms with E-state index in [0.717, 1.165) is 22.6 Å². The Balaban J connectivity index is 1.43. The molecular weight excluding hydrogens is 358 g/mol. The molecule has 1 amide bonds. The van der Waals surface area contributed by atoms with Crippen LogP contribution in [0.25, 0.3) is 11.5 Å². The zero-order valence-corrected chi connectivity index (χ0v) is 16.0. The minimum Gasteiger partial charge on any atom is -0.497 e. The van der Waals surface area contributed by atoms with Gasteiger partial charge in [0.25, 0.3) is 0 Å². The molecule has 0 atom stereocenters. The molecule has 1 aromatic heterocycles. The van der Waals surface area contributed by atoms with Crippen molar-refractivity contribution in [1.82, 2.24) is 15.5 Å². The maximum Gasteiger partial charge on any atom is 0.247 e. The smallest absolute Gasteiger partial charge is 0.247 e. The number of amides is 1. The van der Waals surface area contributed by atoms with Crippen molar-refractivity contribution in [3.8, 4) is 23.0 Å². The van der Waals surface area contributed by atoms with Crippen molar-refractivity contribution in [2.75, 3.05) is 20.8 Å². The highest BCUT2D eigenvalue weighted by atomic mass is 16.5. The largest absolute Gasteiger partial charge is 0.497 e. The molecule has 0 aliphatic carbocycles. The first-order chi connectivity index (χ1) is 13.7. The van der Waals surface area contributed by atoms with Crippen molar-refractivity contribution in [3.05, 3.63) is 60.0 Å². The van der Waals surface area contributed by atoms with E-state index in [1.807, 2.05) is 48.5 Å². The van der Waals surface area contributed by atoms with Gasteiger partial charge in [-0.1, -0.05) is 18.2 Å². The Morgan fingerprint density at radius 1 is 1.00 bits per heavy atom. The molecule has 146 valence electrons. The number of nitrogens with zero attached hydrogens (tertiary/aromatic N) is 2. The molecule has 0 saturated heterocycles. The molecule has 7 heteroatoms. The van der Waals surface area contributed by atoms with E-state index in [-0.39, 0.29) is 5.91 Å². The number of hydrogen-bond acceptors (Lipinski definition) is 6. The summed E-state index contributed by atoms with van der Waals surface area (Å²) in [6, 6.07) is 15.1. The summed E-state index contributed by atoms with van der Waals surface area (Å²) < 4.78 is 16.0. The third kappa shape index (κ3) is 5.33. The van der Waals surface area contributed by atoms with Crippen LogP contribution in [-0.2, 0) is 17.6 Å².